The lowest BCUT2D eigenvalue weighted by Crippen LogP contribution is -2.05. The van der Waals surface area contributed by atoms with Crippen molar-refractivity contribution in [2.45, 2.75) is 57.3 Å². The van der Waals surface area contributed by atoms with Crippen LogP contribution in [-0.2, 0) is 0 Å². The van der Waals surface area contributed by atoms with E-state index in [1.807, 2.05) is 13.0 Å². The lowest BCUT2D eigenvalue weighted by Gasteiger charge is -2.20. The third-order valence-electron chi connectivity index (χ3n) is 4.41. The Balaban J connectivity index is 2.07. The topological polar surface area (TPSA) is 26.3 Å². The lowest BCUT2D eigenvalue weighted by atomic mass is 9.88. The Labute approximate surface area is 115 Å². The maximum absolute atomic E-state index is 11.1. The molecule has 2 heteroatoms. The van der Waals surface area contributed by atoms with Crippen LogP contribution in [0.25, 0.3) is 0 Å². The molecule has 2 aliphatic rings. The standard InChI is InChI=1S/C17H22O2/c1-2-19-16-10-12(11-18)9-15(13-7-8-13)17(16)14-5-3-4-6-14/h9-11,13-14H,2-8H2,1H3. The van der Waals surface area contributed by atoms with Crippen LogP contribution in [0.4, 0.5) is 0 Å². The van der Waals surface area contributed by atoms with Gasteiger partial charge >= 0.3 is 0 Å². The van der Waals surface area contributed by atoms with Crippen molar-refractivity contribution < 1.29 is 9.53 Å². The first kappa shape index (κ1) is 12.7. The van der Waals surface area contributed by atoms with Gasteiger partial charge in [-0.25, -0.2) is 0 Å². The minimum absolute atomic E-state index is 0.651. The van der Waals surface area contributed by atoms with E-state index < -0.39 is 0 Å². The van der Waals surface area contributed by atoms with Gasteiger partial charge in [0.15, 0.2) is 0 Å². The molecule has 1 aromatic carbocycles. The molecule has 0 heterocycles. The van der Waals surface area contributed by atoms with Gasteiger partial charge in [-0.2, -0.15) is 0 Å². The molecule has 0 aromatic heterocycles. The molecule has 2 fully saturated rings. The Bertz CT molecular complexity index is 468. The van der Waals surface area contributed by atoms with Crippen LogP contribution in [0.3, 0.4) is 0 Å². The van der Waals surface area contributed by atoms with Gasteiger partial charge in [-0.05, 0) is 62.1 Å². The highest BCUT2D eigenvalue weighted by Gasteiger charge is 2.32. The van der Waals surface area contributed by atoms with Crippen LogP contribution in [-0.4, -0.2) is 12.9 Å². The zero-order valence-corrected chi connectivity index (χ0v) is 11.7. The number of ether oxygens (including phenoxy) is 1. The SMILES string of the molecule is CCOc1cc(C=O)cc(C2CC2)c1C1CCCC1. The maximum Gasteiger partial charge on any atom is 0.150 e. The van der Waals surface area contributed by atoms with Gasteiger partial charge in [0.1, 0.15) is 12.0 Å². The molecular formula is C17H22O2. The molecule has 0 aliphatic heterocycles. The summed E-state index contributed by atoms with van der Waals surface area (Å²) in [5, 5.41) is 0. The highest BCUT2D eigenvalue weighted by Crippen LogP contribution is 2.49. The summed E-state index contributed by atoms with van der Waals surface area (Å²) in [7, 11) is 0. The van der Waals surface area contributed by atoms with Gasteiger partial charge in [-0.1, -0.05) is 12.8 Å². The van der Waals surface area contributed by atoms with Gasteiger partial charge < -0.3 is 4.74 Å². The summed E-state index contributed by atoms with van der Waals surface area (Å²) in [4.78, 5) is 11.1. The van der Waals surface area contributed by atoms with Crippen LogP contribution >= 0.6 is 0 Å². The number of carbonyl (C=O) groups excluding carboxylic acids is 1. The number of rotatable bonds is 5. The van der Waals surface area contributed by atoms with E-state index in [1.165, 1.54) is 49.7 Å². The Kier molecular flexibility index (Phi) is 3.58. The van der Waals surface area contributed by atoms with Crippen LogP contribution in [0.5, 0.6) is 5.75 Å². The molecule has 0 bridgehead atoms. The minimum Gasteiger partial charge on any atom is -0.494 e. The van der Waals surface area contributed by atoms with Crippen molar-refractivity contribution in [2.75, 3.05) is 6.61 Å². The number of hydrogen-bond acceptors (Lipinski definition) is 2. The van der Waals surface area contributed by atoms with Gasteiger partial charge in [0.05, 0.1) is 6.61 Å². The van der Waals surface area contributed by atoms with E-state index >= 15 is 0 Å². The van der Waals surface area contributed by atoms with E-state index in [4.69, 9.17) is 4.74 Å². The molecule has 1 aromatic rings. The number of carbonyl (C=O) groups is 1. The van der Waals surface area contributed by atoms with Crippen molar-refractivity contribution in [1.82, 2.24) is 0 Å². The molecule has 19 heavy (non-hydrogen) atoms. The monoisotopic (exact) mass is 258 g/mol. The van der Waals surface area contributed by atoms with Gasteiger partial charge in [0.25, 0.3) is 0 Å². The number of benzene rings is 1. The molecule has 2 nitrogen and oxygen atoms in total. The summed E-state index contributed by atoms with van der Waals surface area (Å²) in [5.41, 5.74) is 3.60. The molecule has 0 amide bonds. The molecular weight excluding hydrogens is 236 g/mol. The summed E-state index contributed by atoms with van der Waals surface area (Å²) in [6.45, 7) is 2.69. The normalized spacial score (nSPS) is 19.6. The second kappa shape index (κ2) is 5.36. The Hall–Kier alpha value is -1.31. The van der Waals surface area contributed by atoms with Crippen LogP contribution in [0, 0.1) is 0 Å². The van der Waals surface area contributed by atoms with Crippen molar-refractivity contribution in [2.24, 2.45) is 0 Å². The van der Waals surface area contributed by atoms with E-state index in [-0.39, 0.29) is 0 Å². The first-order chi connectivity index (χ1) is 9.33. The first-order valence-corrected chi connectivity index (χ1v) is 7.59. The molecule has 0 unspecified atom stereocenters. The third-order valence-corrected chi connectivity index (χ3v) is 4.41. The maximum atomic E-state index is 11.1. The summed E-state index contributed by atoms with van der Waals surface area (Å²) < 4.78 is 5.85. The molecule has 0 spiro atoms. The number of aldehydes is 1. The second-order valence-corrected chi connectivity index (χ2v) is 5.83. The van der Waals surface area contributed by atoms with E-state index in [2.05, 4.69) is 6.07 Å². The molecule has 0 saturated heterocycles. The van der Waals surface area contributed by atoms with Gasteiger partial charge in [-0.15, -0.1) is 0 Å². The van der Waals surface area contributed by atoms with Crippen molar-refractivity contribution in [3.05, 3.63) is 28.8 Å². The van der Waals surface area contributed by atoms with Gasteiger partial charge in [0, 0.05) is 11.1 Å². The molecule has 0 atom stereocenters. The fourth-order valence-corrected chi connectivity index (χ4v) is 3.40. The van der Waals surface area contributed by atoms with E-state index in [1.54, 1.807) is 0 Å². The molecule has 0 N–H and O–H groups in total. The van der Waals surface area contributed by atoms with Crippen LogP contribution in [0.2, 0.25) is 0 Å². The zero-order valence-electron chi connectivity index (χ0n) is 11.7. The number of hydrogen-bond donors (Lipinski definition) is 0. The van der Waals surface area contributed by atoms with Crippen LogP contribution in [0.15, 0.2) is 12.1 Å². The first-order valence-electron chi connectivity index (χ1n) is 7.59. The quantitative estimate of drug-likeness (QED) is 0.730. The van der Waals surface area contributed by atoms with E-state index in [0.717, 1.165) is 17.6 Å². The van der Waals surface area contributed by atoms with Crippen molar-refractivity contribution >= 4 is 6.29 Å². The smallest absolute Gasteiger partial charge is 0.150 e. The molecule has 2 saturated carbocycles. The Morgan fingerprint density at radius 1 is 1.16 bits per heavy atom. The Morgan fingerprint density at radius 3 is 2.47 bits per heavy atom. The van der Waals surface area contributed by atoms with Crippen molar-refractivity contribution in [3.8, 4) is 5.75 Å². The van der Waals surface area contributed by atoms with Crippen LogP contribution < -0.4 is 4.74 Å². The average Bonchev–Trinajstić information content (AvgIpc) is 3.14. The largest absolute Gasteiger partial charge is 0.494 e. The van der Waals surface area contributed by atoms with E-state index in [0.29, 0.717) is 18.4 Å². The fourth-order valence-electron chi connectivity index (χ4n) is 3.40. The predicted molar refractivity (Wildman–Crippen MR) is 76.2 cm³/mol. The second-order valence-electron chi connectivity index (χ2n) is 5.83. The molecule has 2 aliphatic carbocycles. The molecule has 102 valence electrons. The minimum atomic E-state index is 0.651. The van der Waals surface area contributed by atoms with E-state index in [9.17, 15) is 4.79 Å². The third kappa shape index (κ3) is 2.54. The van der Waals surface area contributed by atoms with Crippen molar-refractivity contribution in [1.29, 1.82) is 0 Å². The highest BCUT2D eigenvalue weighted by molar-refractivity contribution is 5.77. The Morgan fingerprint density at radius 2 is 1.89 bits per heavy atom. The predicted octanol–water partition coefficient (Wildman–Crippen LogP) is 4.43. The van der Waals surface area contributed by atoms with Crippen molar-refractivity contribution in [3.63, 3.8) is 0 Å². The van der Waals surface area contributed by atoms with Gasteiger partial charge in [0.2, 0.25) is 0 Å². The van der Waals surface area contributed by atoms with Gasteiger partial charge in [-0.3, -0.25) is 4.79 Å². The summed E-state index contributed by atoms with van der Waals surface area (Å²) >= 11 is 0. The fraction of sp³-hybridized carbons (Fsp3) is 0.588. The highest BCUT2D eigenvalue weighted by atomic mass is 16.5. The summed E-state index contributed by atoms with van der Waals surface area (Å²) in [6, 6.07) is 4.05. The zero-order chi connectivity index (χ0) is 13.2. The summed E-state index contributed by atoms with van der Waals surface area (Å²) in [6.07, 6.45) is 8.71. The lowest BCUT2D eigenvalue weighted by molar-refractivity contribution is 0.112. The summed E-state index contributed by atoms with van der Waals surface area (Å²) in [5.74, 6) is 2.30. The molecule has 3 rings (SSSR count). The molecule has 0 radical (unpaired) electrons. The average molecular weight is 258 g/mol. The van der Waals surface area contributed by atoms with Crippen LogP contribution in [0.1, 0.15) is 78.8 Å².